The largest absolute Gasteiger partial charge is 1.00 e. The predicted molar refractivity (Wildman–Crippen MR) is 180 cm³/mol. The third-order valence-corrected chi connectivity index (χ3v) is 8.19. The topological polar surface area (TPSA) is 52.6 Å². The molecule has 0 aromatic heterocycles. The Labute approximate surface area is 275 Å². The lowest BCUT2D eigenvalue weighted by atomic mass is 10.0. The first-order chi connectivity index (χ1) is 20.3. The molecule has 0 rings (SSSR count). The average Bonchev–Trinajstić information content (AvgIpc) is 2.92. The van der Waals surface area contributed by atoms with E-state index in [0.29, 0.717) is 24.1 Å². The van der Waals surface area contributed by atoms with Crippen LogP contribution in [0.4, 0.5) is 0 Å². The minimum Gasteiger partial charge on any atom is -1.00 e. The predicted octanol–water partition coefficient (Wildman–Crippen LogP) is 7.72. The summed E-state index contributed by atoms with van der Waals surface area (Å²) < 4.78 is 11.9. The number of unbranched alkanes of at least 4 members (excludes halogenated alkanes) is 23. The van der Waals surface area contributed by atoms with Crippen molar-refractivity contribution in [2.75, 3.05) is 34.3 Å². The Hall–Kier alpha value is -0.810. The summed E-state index contributed by atoms with van der Waals surface area (Å²) in [5.74, 6) is -0.421. The van der Waals surface area contributed by atoms with Gasteiger partial charge in [0.1, 0.15) is 6.54 Å². The first-order valence-corrected chi connectivity index (χ1v) is 18.4. The molecule has 0 saturated heterocycles. The summed E-state index contributed by atoms with van der Waals surface area (Å²) in [6, 6.07) is 0. The zero-order valence-electron chi connectivity index (χ0n) is 29.5. The van der Waals surface area contributed by atoms with Gasteiger partial charge in [-0.1, -0.05) is 162 Å². The van der Waals surface area contributed by atoms with Crippen LogP contribution in [-0.2, 0) is 19.1 Å². The Bertz CT molecular complexity index is 564. The Morgan fingerprint density at radius 1 is 0.512 bits per heavy atom. The van der Waals surface area contributed by atoms with Crippen molar-refractivity contribution in [3.63, 3.8) is 0 Å². The van der Waals surface area contributed by atoms with E-state index in [-0.39, 0.29) is 30.8 Å². The number of quaternary nitrogens is 1. The van der Waals surface area contributed by atoms with E-state index in [1.807, 2.05) is 0 Å². The van der Waals surface area contributed by atoms with Gasteiger partial charge in [0.05, 0.1) is 34.2 Å². The highest BCUT2D eigenvalue weighted by Gasteiger charge is 2.25. The number of rotatable bonds is 32. The third kappa shape index (κ3) is 35.5. The van der Waals surface area contributed by atoms with Gasteiger partial charge in [0, 0.05) is 6.42 Å². The molecule has 0 radical (unpaired) electrons. The van der Waals surface area contributed by atoms with Gasteiger partial charge in [0.25, 0.3) is 0 Å². The monoisotopic (exact) mass is 632 g/mol. The van der Waals surface area contributed by atoms with Crippen LogP contribution in [-0.4, -0.2) is 56.8 Å². The highest BCUT2D eigenvalue weighted by Crippen LogP contribution is 2.15. The van der Waals surface area contributed by atoms with Crippen molar-refractivity contribution in [1.29, 1.82) is 0 Å². The summed E-state index contributed by atoms with van der Waals surface area (Å²) in [5, 5.41) is 0. The highest BCUT2D eigenvalue weighted by atomic mass is 35.5. The molecule has 43 heavy (non-hydrogen) atoms. The lowest BCUT2D eigenvalue weighted by molar-refractivity contribution is -0.873. The number of carbonyl (C=O) groups is 2. The smallest absolute Gasteiger partial charge is 0.309 e. The molecule has 0 aromatic carbocycles. The Morgan fingerprint density at radius 2 is 0.860 bits per heavy atom. The SMILES string of the molecule is CCCCCCCCCCCCCCCC(=O)O[C@H](CC(=O)OCCCCCCCCCCCCCC)C[N+](C)(C)C.[Cl-]. The number of carbonyl (C=O) groups excluding carboxylic acids is 2. The maximum absolute atomic E-state index is 12.5. The van der Waals surface area contributed by atoms with Crippen molar-refractivity contribution in [3.05, 3.63) is 0 Å². The van der Waals surface area contributed by atoms with E-state index >= 15 is 0 Å². The van der Waals surface area contributed by atoms with Crippen LogP contribution in [0.15, 0.2) is 0 Å². The molecule has 0 aromatic rings. The number of nitrogens with zero attached hydrogens (tertiary/aromatic N) is 1. The molecule has 0 bridgehead atoms. The van der Waals surface area contributed by atoms with Gasteiger partial charge in [0.15, 0.2) is 6.10 Å². The molecule has 0 unspecified atom stereocenters. The second-order valence-electron chi connectivity index (χ2n) is 13.9. The van der Waals surface area contributed by atoms with Crippen molar-refractivity contribution in [2.45, 2.75) is 193 Å². The second kappa shape index (κ2) is 32.6. The molecule has 0 spiro atoms. The fourth-order valence-electron chi connectivity index (χ4n) is 5.66. The number of hydrogen-bond acceptors (Lipinski definition) is 4. The van der Waals surface area contributed by atoms with Gasteiger partial charge in [0.2, 0.25) is 0 Å². The molecular weight excluding hydrogens is 558 g/mol. The Balaban J connectivity index is 0. The first-order valence-electron chi connectivity index (χ1n) is 18.4. The molecule has 1 atom stereocenters. The van der Waals surface area contributed by atoms with E-state index in [1.165, 1.54) is 135 Å². The van der Waals surface area contributed by atoms with Crippen molar-refractivity contribution < 1.29 is 36.0 Å². The van der Waals surface area contributed by atoms with Gasteiger partial charge in [-0.3, -0.25) is 9.59 Å². The molecule has 0 saturated carbocycles. The van der Waals surface area contributed by atoms with Crippen LogP contribution in [0, 0.1) is 0 Å². The summed E-state index contributed by atoms with van der Waals surface area (Å²) in [4.78, 5) is 25.0. The van der Waals surface area contributed by atoms with Gasteiger partial charge < -0.3 is 26.4 Å². The number of halogens is 1. The maximum atomic E-state index is 12.5. The first kappa shape index (κ1) is 44.3. The van der Waals surface area contributed by atoms with Crippen LogP contribution in [0.1, 0.15) is 187 Å². The van der Waals surface area contributed by atoms with Crippen molar-refractivity contribution in [2.24, 2.45) is 0 Å². The van der Waals surface area contributed by atoms with Gasteiger partial charge in [-0.25, -0.2) is 0 Å². The quantitative estimate of drug-likeness (QED) is 0.0433. The van der Waals surface area contributed by atoms with Crippen molar-refractivity contribution in [3.8, 4) is 0 Å². The molecule has 0 aliphatic carbocycles. The second-order valence-corrected chi connectivity index (χ2v) is 13.9. The van der Waals surface area contributed by atoms with Gasteiger partial charge in [-0.15, -0.1) is 0 Å². The van der Waals surface area contributed by atoms with E-state index in [1.54, 1.807) is 0 Å². The van der Waals surface area contributed by atoms with E-state index in [2.05, 4.69) is 35.0 Å². The zero-order valence-corrected chi connectivity index (χ0v) is 30.3. The van der Waals surface area contributed by atoms with E-state index in [0.717, 1.165) is 25.7 Å². The van der Waals surface area contributed by atoms with Crippen molar-refractivity contribution >= 4 is 11.9 Å². The Kier molecular flexibility index (Phi) is 33.6. The standard InChI is InChI=1S/C37H74NO4.ClH/c1-6-8-10-12-14-16-18-20-21-23-25-27-29-31-36(39)42-35(34-38(3,4)5)33-37(40)41-32-30-28-26-24-22-19-17-15-13-11-9-7-2;/h35H,6-34H2,1-5H3;1H/q+1;/p-1/t35-;/m1./s1. The van der Waals surface area contributed by atoms with Gasteiger partial charge in [-0.05, 0) is 12.8 Å². The molecule has 258 valence electrons. The Morgan fingerprint density at radius 3 is 1.23 bits per heavy atom. The normalized spacial score (nSPS) is 12.1. The van der Waals surface area contributed by atoms with E-state index < -0.39 is 6.10 Å². The highest BCUT2D eigenvalue weighted by molar-refractivity contribution is 5.72. The molecule has 5 nitrogen and oxygen atoms in total. The van der Waals surface area contributed by atoms with Crippen molar-refractivity contribution in [1.82, 2.24) is 0 Å². The molecule has 0 N–H and O–H groups in total. The summed E-state index contributed by atoms with van der Waals surface area (Å²) in [6.07, 6.45) is 32.4. The summed E-state index contributed by atoms with van der Waals surface area (Å²) >= 11 is 0. The number of esters is 2. The van der Waals surface area contributed by atoms with Gasteiger partial charge >= 0.3 is 11.9 Å². The van der Waals surface area contributed by atoms with Crippen LogP contribution in [0.25, 0.3) is 0 Å². The summed E-state index contributed by atoms with van der Waals surface area (Å²) in [7, 11) is 6.18. The van der Waals surface area contributed by atoms with Crippen LogP contribution in [0.5, 0.6) is 0 Å². The minimum atomic E-state index is -0.422. The molecular formula is C37H74ClNO4. The molecule has 0 fully saturated rings. The molecule has 6 heteroatoms. The van der Waals surface area contributed by atoms with Crippen LogP contribution in [0.2, 0.25) is 0 Å². The third-order valence-electron chi connectivity index (χ3n) is 8.19. The zero-order chi connectivity index (χ0) is 31.2. The molecule has 0 aliphatic heterocycles. The number of hydrogen-bond donors (Lipinski definition) is 0. The fraction of sp³-hybridized carbons (Fsp3) is 0.946. The van der Waals surface area contributed by atoms with Crippen LogP contribution < -0.4 is 12.4 Å². The van der Waals surface area contributed by atoms with E-state index in [9.17, 15) is 9.59 Å². The number of ether oxygens (including phenoxy) is 2. The maximum Gasteiger partial charge on any atom is 0.309 e. The van der Waals surface area contributed by atoms with Crippen LogP contribution >= 0.6 is 0 Å². The molecule has 0 amide bonds. The summed E-state index contributed by atoms with van der Waals surface area (Å²) in [6.45, 7) is 5.62. The average molecular weight is 632 g/mol. The number of likely N-dealkylation sites (N-methyl/N-ethyl adjacent to an activating group) is 1. The lowest BCUT2D eigenvalue weighted by Gasteiger charge is -2.28. The minimum absolute atomic E-state index is 0. The fourth-order valence-corrected chi connectivity index (χ4v) is 5.66. The summed E-state index contributed by atoms with van der Waals surface area (Å²) in [5.41, 5.74) is 0. The molecule has 0 heterocycles. The van der Waals surface area contributed by atoms with E-state index in [4.69, 9.17) is 9.47 Å². The molecule has 0 aliphatic rings. The van der Waals surface area contributed by atoms with Crippen LogP contribution in [0.3, 0.4) is 0 Å². The lowest BCUT2D eigenvalue weighted by Crippen LogP contribution is -3.00. The van der Waals surface area contributed by atoms with Gasteiger partial charge in [-0.2, -0.15) is 0 Å².